The van der Waals surface area contributed by atoms with Crippen molar-refractivity contribution in [2.75, 3.05) is 38.4 Å². The second kappa shape index (κ2) is 9.97. The zero-order valence-corrected chi connectivity index (χ0v) is 18.6. The summed E-state index contributed by atoms with van der Waals surface area (Å²) in [7, 11) is 4.62. The van der Waals surface area contributed by atoms with E-state index in [0.29, 0.717) is 10.7 Å². The van der Waals surface area contributed by atoms with Crippen molar-refractivity contribution in [3.05, 3.63) is 58.9 Å². The molecule has 0 spiro atoms. The molecule has 0 bridgehead atoms. The first-order valence-electron chi connectivity index (χ1n) is 9.87. The maximum atomic E-state index is 14.5. The van der Waals surface area contributed by atoms with Gasteiger partial charge in [0.15, 0.2) is 0 Å². The molecule has 2 N–H and O–H groups in total. The van der Waals surface area contributed by atoms with Crippen molar-refractivity contribution in [3.63, 3.8) is 0 Å². The Hall–Kier alpha value is -3.17. The Balaban J connectivity index is 1.74. The van der Waals surface area contributed by atoms with Crippen LogP contribution in [0.4, 0.5) is 20.6 Å². The molecule has 1 aliphatic heterocycles. The average Bonchev–Trinajstić information content (AvgIpc) is 3.21. The molecule has 8 nitrogen and oxygen atoms in total. The van der Waals surface area contributed by atoms with Crippen molar-refractivity contribution in [1.82, 2.24) is 9.80 Å². The highest BCUT2D eigenvalue weighted by molar-refractivity contribution is 6.30. The number of hydrogen-bond donors (Lipinski definition) is 2. The Labute approximate surface area is 190 Å². The van der Waals surface area contributed by atoms with Gasteiger partial charge in [-0.3, -0.25) is 9.59 Å². The number of likely N-dealkylation sites (tertiary alicyclic amines) is 1. The van der Waals surface area contributed by atoms with Crippen LogP contribution in [-0.4, -0.2) is 67.5 Å². The van der Waals surface area contributed by atoms with Crippen LogP contribution < -0.4 is 10.6 Å². The Bertz CT molecular complexity index is 1020. The normalized spacial score (nSPS) is 17.7. The number of nitrogens with zero attached hydrogens (tertiary/aromatic N) is 2. The topological polar surface area (TPSA) is 91.0 Å². The number of hydrogen-bond acceptors (Lipinski definition) is 4. The van der Waals surface area contributed by atoms with Crippen molar-refractivity contribution < 1.29 is 23.5 Å². The average molecular weight is 463 g/mol. The van der Waals surface area contributed by atoms with E-state index in [0.717, 1.165) is 6.07 Å². The van der Waals surface area contributed by atoms with Gasteiger partial charge in [0.1, 0.15) is 11.9 Å². The molecule has 0 saturated carbocycles. The van der Waals surface area contributed by atoms with Gasteiger partial charge in [-0.1, -0.05) is 11.6 Å². The fourth-order valence-electron chi connectivity index (χ4n) is 3.39. The lowest BCUT2D eigenvalue weighted by atomic mass is 10.1. The number of carbonyl (C=O) groups is 3. The van der Waals surface area contributed by atoms with Crippen molar-refractivity contribution >= 4 is 40.8 Å². The van der Waals surface area contributed by atoms with Gasteiger partial charge in [-0.2, -0.15) is 0 Å². The van der Waals surface area contributed by atoms with E-state index < -0.39 is 23.8 Å². The smallest absolute Gasteiger partial charge is 0.322 e. The van der Waals surface area contributed by atoms with E-state index in [1.54, 1.807) is 38.4 Å². The largest absolute Gasteiger partial charge is 0.380 e. The van der Waals surface area contributed by atoms with E-state index in [2.05, 4.69) is 10.6 Å². The molecule has 0 aliphatic carbocycles. The van der Waals surface area contributed by atoms with Crippen molar-refractivity contribution in [2.45, 2.75) is 18.6 Å². The highest BCUT2D eigenvalue weighted by atomic mass is 35.5. The molecule has 1 saturated heterocycles. The lowest BCUT2D eigenvalue weighted by Crippen LogP contribution is -2.45. The molecule has 10 heteroatoms. The quantitative estimate of drug-likeness (QED) is 0.712. The number of carbonyl (C=O) groups excluding carboxylic acids is 3. The Kier molecular flexibility index (Phi) is 7.32. The molecule has 4 amide bonds. The lowest BCUT2D eigenvalue weighted by Gasteiger charge is -2.24. The SMILES string of the molecule is CO[C@@H]1C[C@H](C(=O)Nc2ccc(C(=O)N(C)C)cc2F)N(C(=O)Nc2ccc(Cl)cc2)C1. The minimum atomic E-state index is -0.866. The van der Waals surface area contributed by atoms with E-state index in [9.17, 15) is 18.8 Å². The van der Waals surface area contributed by atoms with Gasteiger partial charge in [0.25, 0.3) is 5.91 Å². The van der Waals surface area contributed by atoms with Crippen LogP contribution in [0.5, 0.6) is 0 Å². The summed E-state index contributed by atoms with van der Waals surface area (Å²) in [6.45, 7) is 0.201. The molecule has 0 unspecified atom stereocenters. The lowest BCUT2D eigenvalue weighted by molar-refractivity contribution is -0.119. The number of halogens is 2. The molecule has 0 radical (unpaired) electrons. The molecular weight excluding hydrogens is 439 g/mol. The number of methoxy groups -OCH3 is 1. The van der Waals surface area contributed by atoms with Crippen molar-refractivity contribution in [2.24, 2.45) is 0 Å². The highest BCUT2D eigenvalue weighted by Gasteiger charge is 2.40. The molecule has 32 heavy (non-hydrogen) atoms. The van der Waals surface area contributed by atoms with Crippen LogP contribution in [0, 0.1) is 5.82 Å². The first-order chi connectivity index (χ1) is 15.2. The number of amides is 4. The molecule has 1 heterocycles. The summed E-state index contributed by atoms with van der Waals surface area (Å²) in [4.78, 5) is 40.4. The number of nitrogens with one attached hydrogen (secondary N) is 2. The Morgan fingerprint density at radius 1 is 1.12 bits per heavy atom. The zero-order chi connectivity index (χ0) is 23.4. The zero-order valence-electron chi connectivity index (χ0n) is 17.9. The summed E-state index contributed by atoms with van der Waals surface area (Å²) < 4.78 is 19.9. The van der Waals surface area contributed by atoms with Gasteiger partial charge in [0.05, 0.1) is 11.8 Å². The number of urea groups is 1. The molecular formula is C22H24ClFN4O4. The summed E-state index contributed by atoms with van der Waals surface area (Å²) in [5.41, 5.74) is 0.602. The van der Waals surface area contributed by atoms with E-state index in [4.69, 9.17) is 16.3 Å². The second-order valence-electron chi connectivity index (χ2n) is 7.58. The summed E-state index contributed by atoms with van der Waals surface area (Å²) in [6.07, 6.45) is -0.0819. The highest BCUT2D eigenvalue weighted by Crippen LogP contribution is 2.24. The first kappa shape index (κ1) is 23.5. The number of benzene rings is 2. The van der Waals surface area contributed by atoms with Gasteiger partial charge >= 0.3 is 6.03 Å². The van der Waals surface area contributed by atoms with Crippen LogP contribution in [0.15, 0.2) is 42.5 Å². The predicted octanol–water partition coefficient (Wildman–Crippen LogP) is 3.44. The van der Waals surface area contributed by atoms with Crippen LogP contribution in [0.2, 0.25) is 5.02 Å². The summed E-state index contributed by atoms with van der Waals surface area (Å²) in [5, 5.41) is 5.77. The van der Waals surface area contributed by atoms with E-state index in [1.165, 1.54) is 29.0 Å². The maximum Gasteiger partial charge on any atom is 0.322 e. The van der Waals surface area contributed by atoms with Crippen molar-refractivity contribution in [1.29, 1.82) is 0 Å². The van der Waals surface area contributed by atoms with Gasteiger partial charge in [-0.05, 0) is 42.5 Å². The fourth-order valence-corrected chi connectivity index (χ4v) is 3.52. The fraction of sp³-hybridized carbons (Fsp3) is 0.318. The van der Waals surface area contributed by atoms with Gasteiger partial charge in [0.2, 0.25) is 5.91 Å². The van der Waals surface area contributed by atoms with E-state index >= 15 is 0 Å². The molecule has 0 aromatic heterocycles. The van der Waals surface area contributed by atoms with Crippen LogP contribution in [0.3, 0.4) is 0 Å². The second-order valence-corrected chi connectivity index (χ2v) is 8.02. The summed E-state index contributed by atoms with van der Waals surface area (Å²) in [5.74, 6) is -1.66. The van der Waals surface area contributed by atoms with Crippen LogP contribution in [0.1, 0.15) is 16.8 Å². The third kappa shape index (κ3) is 5.35. The summed E-state index contributed by atoms with van der Waals surface area (Å²) in [6, 6.07) is 9.03. The first-order valence-corrected chi connectivity index (χ1v) is 10.3. The molecule has 2 atom stereocenters. The third-order valence-corrected chi connectivity index (χ3v) is 5.39. The number of anilines is 2. The number of ether oxygens (including phenoxy) is 1. The molecule has 1 aliphatic rings. The van der Waals surface area contributed by atoms with Gasteiger partial charge in [0, 0.05) is 50.4 Å². The summed E-state index contributed by atoms with van der Waals surface area (Å²) >= 11 is 5.87. The van der Waals surface area contributed by atoms with Gasteiger partial charge in [-0.25, -0.2) is 9.18 Å². The molecule has 3 rings (SSSR count). The maximum absolute atomic E-state index is 14.5. The van der Waals surface area contributed by atoms with Crippen LogP contribution >= 0.6 is 11.6 Å². The molecule has 170 valence electrons. The van der Waals surface area contributed by atoms with Crippen LogP contribution in [0.25, 0.3) is 0 Å². The molecule has 1 fully saturated rings. The van der Waals surface area contributed by atoms with E-state index in [-0.39, 0.29) is 36.2 Å². The van der Waals surface area contributed by atoms with E-state index in [1.807, 2.05) is 0 Å². The third-order valence-electron chi connectivity index (χ3n) is 5.14. The van der Waals surface area contributed by atoms with Crippen molar-refractivity contribution in [3.8, 4) is 0 Å². The minimum Gasteiger partial charge on any atom is -0.380 e. The van der Waals surface area contributed by atoms with Gasteiger partial charge in [-0.15, -0.1) is 0 Å². The minimum absolute atomic E-state index is 0.0794. The standard InChI is InChI=1S/C22H24ClFN4O4/c1-27(2)21(30)13-4-9-18(17(24)10-13)26-20(29)19-11-16(32-3)12-28(19)22(31)25-15-7-5-14(23)6-8-15/h4-10,16,19H,11-12H2,1-3H3,(H,25,31)(H,26,29)/t16-,19-/m1/s1. The Morgan fingerprint density at radius 3 is 2.41 bits per heavy atom. The monoisotopic (exact) mass is 462 g/mol. The number of rotatable bonds is 5. The Morgan fingerprint density at radius 2 is 1.81 bits per heavy atom. The molecule has 2 aromatic carbocycles. The van der Waals surface area contributed by atoms with Gasteiger partial charge < -0.3 is 25.2 Å². The predicted molar refractivity (Wildman–Crippen MR) is 119 cm³/mol. The molecule has 2 aromatic rings. The van der Waals surface area contributed by atoms with Crippen LogP contribution in [-0.2, 0) is 9.53 Å².